The summed E-state index contributed by atoms with van der Waals surface area (Å²) in [6.07, 6.45) is 1.21. The van der Waals surface area contributed by atoms with E-state index in [-0.39, 0.29) is 5.78 Å². The molecule has 0 saturated carbocycles. The van der Waals surface area contributed by atoms with E-state index in [4.69, 9.17) is 5.26 Å². The molecule has 0 atom stereocenters. The fraction of sp³-hybridized carbons (Fsp3) is 0.273. The van der Waals surface area contributed by atoms with Crippen LogP contribution in [0.4, 0.5) is 0 Å². The molecule has 0 saturated heterocycles. The van der Waals surface area contributed by atoms with Crippen molar-refractivity contribution in [2.45, 2.75) is 19.8 Å². The van der Waals surface area contributed by atoms with Crippen molar-refractivity contribution >= 4 is 21.7 Å². The largest absolute Gasteiger partial charge is 0.300 e. The second-order valence-corrected chi connectivity index (χ2v) is 3.97. The summed E-state index contributed by atoms with van der Waals surface area (Å²) in [5.74, 6) is 0.166. The van der Waals surface area contributed by atoms with Crippen molar-refractivity contribution in [1.29, 1.82) is 5.26 Å². The normalized spacial score (nSPS) is 9.50. The number of rotatable bonds is 3. The molecule has 0 fully saturated rings. The van der Waals surface area contributed by atoms with Gasteiger partial charge in [-0.3, -0.25) is 0 Å². The van der Waals surface area contributed by atoms with Gasteiger partial charge in [0.1, 0.15) is 5.78 Å². The Kier molecular flexibility index (Phi) is 3.84. The molecule has 0 unspecified atom stereocenters. The van der Waals surface area contributed by atoms with Crippen molar-refractivity contribution in [2.24, 2.45) is 0 Å². The van der Waals surface area contributed by atoms with Gasteiger partial charge in [-0.25, -0.2) is 0 Å². The summed E-state index contributed by atoms with van der Waals surface area (Å²) in [5.41, 5.74) is 1.64. The third-order valence-electron chi connectivity index (χ3n) is 1.92. The Hall–Kier alpha value is -1.14. The molecule has 0 aliphatic heterocycles. The van der Waals surface area contributed by atoms with Crippen molar-refractivity contribution in [3.8, 4) is 6.07 Å². The number of hydrogen-bond acceptors (Lipinski definition) is 2. The van der Waals surface area contributed by atoms with E-state index in [9.17, 15) is 4.79 Å². The zero-order chi connectivity index (χ0) is 10.6. The van der Waals surface area contributed by atoms with Crippen LogP contribution in [0.2, 0.25) is 0 Å². The Bertz CT molecular complexity index is 393. The van der Waals surface area contributed by atoms with Gasteiger partial charge in [0.05, 0.1) is 11.6 Å². The van der Waals surface area contributed by atoms with Crippen LogP contribution in [-0.4, -0.2) is 5.78 Å². The minimum atomic E-state index is 0.166. The van der Waals surface area contributed by atoms with Crippen molar-refractivity contribution < 1.29 is 4.79 Å². The van der Waals surface area contributed by atoms with Crippen LogP contribution in [0.15, 0.2) is 22.7 Å². The van der Waals surface area contributed by atoms with E-state index >= 15 is 0 Å². The summed E-state index contributed by atoms with van der Waals surface area (Å²) in [7, 11) is 0. The molecule has 0 heterocycles. The average Bonchev–Trinajstić information content (AvgIpc) is 2.16. The van der Waals surface area contributed by atoms with E-state index in [0.717, 1.165) is 10.0 Å². The molecule has 14 heavy (non-hydrogen) atoms. The van der Waals surface area contributed by atoms with Gasteiger partial charge in [-0.1, -0.05) is 15.9 Å². The first-order chi connectivity index (χ1) is 6.63. The highest BCUT2D eigenvalue weighted by Crippen LogP contribution is 2.19. The summed E-state index contributed by atoms with van der Waals surface area (Å²) in [4.78, 5) is 10.8. The Morgan fingerprint density at radius 1 is 1.57 bits per heavy atom. The molecule has 0 bridgehead atoms. The van der Waals surface area contributed by atoms with Gasteiger partial charge >= 0.3 is 0 Å². The second kappa shape index (κ2) is 4.92. The molecule has 1 rings (SSSR count). The monoisotopic (exact) mass is 251 g/mol. The van der Waals surface area contributed by atoms with E-state index in [2.05, 4.69) is 22.0 Å². The van der Waals surface area contributed by atoms with Crippen LogP contribution in [0, 0.1) is 11.3 Å². The number of ketones is 1. The van der Waals surface area contributed by atoms with E-state index in [0.29, 0.717) is 18.4 Å². The first kappa shape index (κ1) is 10.9. The SMILES string of the molecule is CC(=O)CCc1cc(C#N)ccc1Br. The maximum absolute atomic E-state index is 10.8. The van der Waals surface area contributed by atoms with Gasteiger partial charge in [-0.15, -0.1) is 0 Å². The number of nitriles is 1. The topological polar surface area (TPSA) is 40.9 Å². The van der Waals surface area contributed by atoms with Crippen LogP contribution in [0.5, 0.6) is 0 Å². The Morgan fingerprint density at radius 2 is 2.29 bits per heavy atom. The molecule has 0 radical (unpaired) electrons. The molecule has 72 valence electrons. The third-order valence-corrected chi connectivity index (χ3v) is 2.69. The standard InChI is InChI=1S/C11H10BrNO/c1-8(14)2-4-10-6-9(7-13)3-5-11(10)12/h3,5-6H,2,4H2,1H3. The number of halogens is 1. The number of Topliss-reactive ketones (excluding diaryl/α,β-unsaturated/α-hetero) is 1. The number of benzene rings is 1. The number of carbonyl (C=O) groups is 1. The van der Waals surface area contributed by atoms with Crippen LogP contribution in [0.25, 0.3) is 0 Å². The summed E-state index contributed by atoms with van der Waals surface area (Å²) >= 11 is 3.39. The number of aryl methyl sites for hydroxylation is 1. The zero-order valence-electron chi connectivity index (χ0n) is 7.88. The molecular weight excluding hydrogens is 242 g/mol. The first-order valence-corrected chi connectivity index (χ1v) is 5.10. The van der Waals surface area contributed by atoms with Crippen molar-refractivity contribution in [3.05, 3.63) is 33.8 Å². The smallest absolute Gasteiger partial charge is 0.130 e. The zero-order valence-corrected chi connectivity index (χ0v) is 9.47. The van der Waals surface area contributed by atoms with Gasteiger partial charge in [0.2, 0.25) is 0 Å². The quantitative estimate of drug-likeness (QED) is 0.829. The number of hydrogen-bond donors (Lipinski definition) is 0. The van der Waals surface area contributed by atoms with Gasteiger partial charge in [-0.05, 0) is 37.1 Å². The predicted molar refractivity (Wildman–Crippen MR) is 57.9 cm³/mol. The lowest BCUT2D eigenvalue weighted by Crippen LogP contribution is -1.95. The highest BCUT2D eigenvalue weighted by molar-refractivity contribution is 9.10. The fourth-order valence-corrected chi connectivity index (χ4v) is 1.59. The molecule has 1 aromatic carbocycles. The molecule has 3 heteroatoms. The van der Waals surface area contributed by atoms with Crippen molar-refractivity contribution in [1.82, 2.24) is 0 Å². The van der Waals surface area contributed by atoms with Gasteiger partial charge < -0.3 is 4.79 Å². The van der Waals surface area contributed by atoms with Gasteiger partial charge in [0.15, 0.2) is 0 Å². The second-order valence-electron chi connectivity index (χ2n) is 3.12. The lowest BCUT2D eigenvalue weighted by atomic mass is 10.1. The molecule has 0 aromatic heterocycles. The Balaban J connectivity index is 2.85. The lowest BCUT2D eigenvalue weighted by molar-refractivity contribution is -0.116. The van der Waals surface area contributed by atoms with E-state index in [1.165, 1.54) is 0 Å². The number of nitrogens with zero attached hydrogens (tertiary/aromatic N) is 1. The van der Waals surface area contributed by atoms with Crippen molar-refractivity contribution in [2.75, 3.05) is 0 Å². The molecule has 2 nitrogen and oxygen atoms in total. The summed E-state index contributed by atoms with van der Waals surface area (Å²) in [5, 5.41) is 8.70. The van der Waals surface area contributed by atoms with Crippen LogP contribution in [-0.2, 0) is 11.2 Å². The highest BCUT2D eigenvalue weighted by Gasteiger charge is 2.03. The van der Waals surface area contributed by atoms with Gasteiger partial charge in [0, 0.05) is 10.9 Å². The molecule has 0 aliphatic carbocycles. The molecule has 0 N–H and O–H groups in total. The summed E-state index contributed by atoms with van der Waals surface area (Å²) < 4.78 is 0.956. The van der Waals surface area contributed by atoms with E-state index < -0.39 is 0 Å². The summed E-state index contributed by atoms with van der Waals surface area (Å²) in [6.45, 7) is 1.57. The molecular formula is C11H10BrNO. The molecule has 0 aliphatic rings. The first-order valence-electron chi connectivity index (χ1n) is 4.31. The molecule has 1 aromatic rings. The molecule has 0 amide bonds. The highest BCUT2D eigenvalue weighted by atomic mass is 79.9. The van der Waals surface area contributed by atoms with Crippen LogP contribution in [0.1, 0.15) is 24.5 Å². The van der Waals surface area contributed by atoms with E-state index in [1.54, 1.807) is 13.0 Å². The Morgan fingerprint density at radius 3 is 2.86 bits per heavy atom. The Labute approximate surface area is 91.7 Å². The molecule has 0 spiro atoms. The van der Waals surface area contributed by atoms with Gasteiger partial charge in [-0.2, -0.15) is 5.26 Å². The average molecular weight is 252 g/mol. The maximum Gasteiger partial charge on any atom is 0.130 e. The third kappa shape index (κ3) is 2.97. The van der Waals surface area contributed by atoms with Crippen LogP contribution < -0.4 is 0 Å². The minimum absolute atomic E-state index is 0.166. The minimum Gasteiger partial charge on any atom is -0.300 e. The van der Waals surface area contributed by atoms with Gasteiger partial charge in [0.25, 0.3) is 0 Å². The van der Waals surface area contributed by atoms with Crippen LogP contribution in [0.3, 0.4) is 0 Å². The summed E-state index contributed by atoms with van der Waals surface area (Å²) in [6, 6.07) is 7.48. The van der Waals surface area contributed by atoms with E-state index in [1.807, 2.05) is 12.1 Å². The fourth-order valence-electron chi connectivity index (χ4n) is 1.15. The maximum atomic E-state index is 10.8. The van der Waals surface area contributed by atoms with Crippen LogP contribution >= 0.6 is 15.9 Å². The lowest BCUT2D eigenvalue weighted by Gasteiger charge is -2.02. The van der Waals surface area contributed by atoms with Crippen molar-refractivity contribution in [3.63, 3.8) is 0 Å². The predicted octanol–water partition coefficient (Wildman–Crippen LogP) is 2.84. The number of carbonyl (C=O) groups excluding carboxylic acids is 1.